The van der Waals surface area contributed by atoms with Gasteiger partial charge in [0.15, 0.2) is 11.5 Å². The number of halogens is 1. The van der Waals surface area contributed by atoms with E-state index in [0.717, 1.165) is 6.07 Å². The fourth-order valence-electron chi connectivity index (χ4n) is 2.73. The lowest BCUT2D eigenvalue weighted by Gasteiger charge is -2.08. The fraction of sp³-hybridized carbons (Fsp3) is 0.211. The Bertz CT molecular complexity index is 1190. The van der Waals surface area contributed by atoms with E-state index in [0.29, 0.717) is 4.68 Å². The Morgan fingerprint density at radius 2 is 1.94 bits per heavy atom. The SMILES string of the molecule is COc1cc(-c2nn(CC(=O)NCc3ccccc3F)c(=O)o2)c([N+](=O)[O-])cc1OC. The number of aromatic nitrogens is 2. The van der Waals surface area contributed by atoms with Crippen LogP contribution in [0, 0.1) is 15.9 Å². The summed E-state index contributed by atoms with van der Waals surface area (Å²) in [5.74, 6) is -2.23. The molecule has 0 radical (unpaired) electrons. The van der Waals surface area contributed by atoms with Crippen molar-refractivity contribution in [2.75, 3.05) is 14.2 Å². The van der Waals surface area contributed by atoms with E-state index in [1.54, 1.807) is 6.07 Å². The minimum Gasteiger partial charge on any atom is -0.493 e. The normalized spacial score (nSPS) is 10.5. The summed E-state index contributed by atoms with van der Waals surface area (Å²) in [6, 6.07) is 8.25. The number of nitro benzene ring substituents is 1. The van der Waals surface area contributed by atoms with Gasteiger partial charge in [-0.15, -0.1) is 5.10 Å². The minimum atomic E-state index is -1.000. The van der Waals surface area contributed by atoms with Crippen molar-refractivity contribution in [3.05, 3.63) is 68.4 Å². The van der Waals surface area contributed by atoms with E-state index in [9.17, 15) is 24.1 Å². The summed E-state index contributed by atoms with van der Waals surface area (Å²) in [5, 5.41) is 17.8. The van der Waals surface area contributed by atoms with Gasteiger partial charge in [0.2, 0.25) is 5.91 Å². The number of ether oxygens (including phenoxy) is 2. The molecule has 0 fully saturated rings. The average molecular weight is 432 g/mol. The predicted octanol–water partition coefficient (Wildman–Crippen LogP) is 1.88. The van der Waals surface area contributed by atoms with E-state index in [1.807, 2.05) is 0 Å². The van der Waals surface area contributed by atoms with Crippen molar-refractivity contribution in [1.82, 2.24) is 15.1 Å². The number of methoxy groups -OCH3 is 2. The third kappa shape index (κ3) is 4.69. The molecule has 0 bridgehead atoms. The molecule has 31 heavy (non-hydrogen) atoms. The first-order valence-corrected chi connectivity index (χ1v) is 8.83. The molecule has 0 atom stereocenters. The predicted molar refractivity (Wildman–Crippen MR) is 104 cm³/mol. The van der Waals surface area contributed by atoms with E-state index in [4.69, 9.17) is 13.9 Å². The largest absolute Gasteiger partial charge is 0.493 e. The first-order chi connectivity index (χ1) is 14.8. The van der Waals surface area contributed by atoms with Gasteiger partial charge in [-0.2, -0.15) is 4.68 Å². The Hall–Kier alpha value is -4.22. The molecule has 1 N–H and O–H groups in total. The third-order valence-electron chi connectivity index (χ3n) is 4.26. The van der Waals surface area contributed by atoms with Crippen molar-refractivity contribution in [3.63, 3.8) is 0 Å². The highest BCUT2D eigenvalue weighted by Gasteiger charge is 2.25. The topological polar surface area (TPSA) is 139 Å². The highest BCUT2D eigenvalue weighted by molar-refractivity contribution is 5.76. The van der Waals surface area contributed by atoms with Crippen molar-refractivity contribution in [2.24, 2.45) is 0 Å². The number of nitro groups is 1. The molecule has 0 saturated heterocycles. The number of amides is 1. The second-order valence-corrected chi connectivity index (χ2v) is 6.18. The number of benzene rings is 2. The monoisotopic (exact) mass is 432 g/mol. The molecule has 1 amide bonds. The summed E-state index contributed by atoms with van der Waals surface area (Å²) in [6.07, 6.45) is 0. The van der Waals surface area contributed by atoms with Crippen molar-refractivity contribution >= 4 is 11.6 Å². The maximum absolute atomic E-state index is 13.6. The molecule has 0 saturated carbocycles. The first kappa shape index (κ1) is 21.5. The lowest BCUT2D eigenvalue weighted by molar-refractivity contribution is -0.384. The van der Waals surface area contributed by atoms with Crippen LogP contribution < -0.4 is 20.5 Å². The van der Waals surface area contributed by atoms with Crippen LogP contribution >= 0.6 is 0 Å². The lowest BCUT2D eigenvalue weighted by atomic mass is 10.1. The lowest BCUT2D eigenvalue weighted by Crippen LogP contribution is -2.31. The van der Waals surface area contributed by atoms with Gasteiger partial charge >= 0.3 is 5.76 Å². The second kappa shape index (κ2) is 9.07. The molecule has 1 heterocycles. The first-order valence-electron chi connectivity index (χ1n) is 8.83. The van der Waals surface area contributed by atoms with E-state index < -0.39 is 34.6 Å². The summed E-state index contributed by atoms with van der Waals surface area (Å²) in [4.78, 5) is 35.0. The molecule has 162 valence electrons. The van der Waals surface area contributed by atoms with E-state index >= 15 is 0 Å². The molecule has 0 aliphatic carbocycles. The summed E-state index contributed by atoms with van der Waals surface area (Å²) in [5.41, 5.74) is -0.301. The molecule has 0 unspecified atom stereocenters. The van der Waals surface area contributed by atoms with Gasteiger partial charge in [0.1, 0.15) is 17.9 Å². The Kier molecular flexibility index (Phi) is 6.29. The molecular formula is C19H17FN4O7. The van der Waals surface area contributed by atoms with Gasteiger partial charge in [-0.1, -0.05) is 18.2 Å². The van der Waals surface area contributed by atoms with E-state index in [1.165, 1.54) is 38.5 Å². The molecule has 2 aromatic carbocycles. The molecule has 1 aromatic heterocycles. The molecular weight excluding hydrogens is 415 g/mol. The van der Waals surface area contributed by atoms with Gasteiger partial charge in [0, 0.05) is 18.2 Å². The fourth-order valence-corrected chi connectivity index (χ4v) is 2.73. The Morgan fingerprint density at radius 1 is 1.26 bits per heavy atom. The van der Waals surface area contributed by atoms with Crippen LogP contribution in [0.2, 0.25) is 0 Å². The van der Waals surface area contributed by atoms with Crippen molar-refractivity contribution < 1.29 is 28.0 Å². The Balaban J connectivity index is 1.84. The maximum Gasteiger partial charge on any atom is 0.437 e. The van der Waals surface area contributed by atoms with Gasteiger partial charge in [-0.05, 0) is 6.07 Å². The maximum atomic E-state index is 13.6. The third-order valence-corrected chi connectivity index (χ3v) is 4.26. The highest BCUT2D eigenvalue weighted by Crippen LogP contribution is 2.38. The van der Waals surface area contributed by atoms with Crippen LogP contribution in [0.4, 0.5) is 10.1 Å². The van der Waals surface area contributed by atoms with Crippen LogP contribution in [-0.2, 0) is 17.9 Å². The summed E-state index contributed by atoms with van der Waals surface area (Å²) in [6.45, 7) is -0.621. The van der Waals surface area contributed by atoms with Crippen molar-refractivity contribution in [1.29, 1.82) is 0 Å². The molecule has 3 aromatic rings. The summed E-state index contributed by atoms with van der Waals surface area (Å²) >= 11 is 0. The number of nitrogens with zero attached hydrogens (tertiary/aromatic N) is 3. The number of carbonyl (C=O) groups excluding carboxylic acids is 1. The molecule has 11 nitrogen and oxygen atoms in total. The summed E-state index contributed by atoms with van der Waals surface area (Å²) < 4.78 is 29.5. The zero-order chi connectivity index (χ0) is 22.5. The van der Waals surface area contributed by atoms with Crippen LogP contribution in [0.3, 0.4) is 0 Å². The molecule has 0 aliphatic rings. The van der Waals surface area contributed by atoms with Crippen LogP contribution in [0.1, 0.15) is 5.56 Å². The Morgan fingerprint density at radius 3 is 2.58 bits per heavy atom. The minimum absolute atomic E-state index is 0.0912. The number of hydrogen-bond donors (Lipinski definition) is 1. The van der Waals surface area contributed by atoms with Gasteiger partial charge in [-0.25, -0.2) is 9.18 Å². The Labute approximate surface area is 174 Å². The zero-order valence-corrected chi connectivity index (χ0v) is 16.5. The van der Waals surface area contributed by atoms with Gasteiger partial charge in [0.25, 0.3) is 11.6 Å². The van der Waals surface area contributed by atoms with E-state index in [-0.39, 0.29) is 35.1 Å². The number of nitrogens with one attached hydrogen (secondary N) is 1. The van der Waals surface area contributed by atoms with Gasteiger partial charge < -0.3 is 19.2 Å². The number of hydrogen-bond acceptors (Lipinski definition) is 8. The smallest absolute Gasteiger partial charge is 0.437 e. The number of carbonyl (C=O) groups is 1. The quantitative estimate of drug-likeness (QED) is 0.421. The van der Waals surface area contributed by atoms with Crippen LogP contribution in [0.25, 0.3) is 11.5 Å². The zero-order valence-electron chi connectivity index (χ0n) is 16.5. The van der Waals surface area contributed by atoms with Crippen LogP contribution in [0.15, 0.2) is 45.6 Å². The van der Waals surface area contributed by atoms with Gasteiger partial charge in [0.05, 0.1) is 25.2 Å². The molecule has 12 heteroatoms. The highest BCUT2D eigenvalue weighted by atomic mass is 19.1. The molecule has 0 aliphatic heterocycles. The molecule has 0 spiro atoms. The van der Waals surface area contributed by atoms with Crippen LogP contribution in [0.5, 0.6) is 11.5 Å². The van der Waals surface area contributed by atoms with Crippen molar-refractivity contribution in [2.45, 2.75) is 13.1 Å². The second-order valence-electron chi connectivity index (χ2n) is 6.18. The van der Waals surface area contributed by atoms with E-state index in [2.05, 4.69) is 10.4 Å². The summed E-state index contributed by atoms with van der Waals surface area (Å²) in [7, 11) is 2.65. The van der Waals surface area contributed by atoms with Gasteiger partial charge in [-0.3, -0.25) is 14.9 Å². The molecule has 3 rings (SSSR count). The standard InChI is InChI=1S/C19H17FN4O7/c1-29-15-7-12(14(24(27)28)8-16(15)30-2)18-22-23(19(26)31-18)10-17(25)21-9-11-5-3-4-6-13(11)20/h3-8H,9-10H2,1-2H3,(H,21,25). The van der Waals surface area contributed by atoms with Crippen LogP contribution in [-0.4, -0.2) is 34.8 Å². The van der Waals surface area contributed by atoms with Crippen molar-refractivity contribution in [3.8, 4) is 23.0 Å². The average Bonchev–Trinajstić information content (AvgIpc) is 3.11. The number of rotatable bonds is 8.